The number of piperidine rings is 1. The third-order valence-corrected chi connectivity index (χ3v) is 7.56. The van der Waals surface area contributed by atoms with Gasteiger partial charge in [-0.1, -0.05) is 19.4 Å². The molecule has 1 aromatic carbocycles. The van der Waals surface area contributed by atoms with Crippen LogP contribution in [0, 0.1) is 12.8 Å². The van der Waals surface area contributed by atoms with Crippen molar-refractivity contribution in [3.05, 3.63) is 29.3 Å². The maximum atomic E-state index is 13.2. The van der Waals surface area contributed by atoms with E-state index in [1.165, 1.54) is 17.5 Å². The zero-order valence-electron chi connectivity index (χ0n) is 18.0. The highest BCUT2D eigenvalue weighted by Gasteiger charge is 2.32. The Balaban J connectivity index is 2.34. The monoisotopic (exact) mass is 424 g/mol. The van der Waals surface area contributed by atoms with Gasteiger partial charge in [-0.2, -0.15) is 4.31 Å². The molecule has 1 fully saturated rings. The van der Waals surface area contributed by atoms with Gasteiger partial charge in [-0.05, 0) is 51.3 Å². The third-order valence-electron chi connectivity index (χ3n) is 5.55. The summed E-state index contributed by atoms with van der Waals surface area (Å²) in [6.45, 7) is 8.34. The lowest BCUT2D eigenvalue weighted by Gasteiger charge is -2.32. The van der Waals surface area contributed by atoms with Gasteiger partial charge in [-0.15, -0.1) is 0 Å². The van der Waals surface area contributed by atoms with E-state index in [-0.39, 0.29) is 29.4 Å². The van der Waals surface area contributed by atoms with Crippen LogP contribution in [0.2, 0.25) is 0 Å². The fourth-order valence-electron chi connectivity index (χ4n) is 3.69. The van der Waals surface area contributed by atoms with Crippen molar-refractivity contribution in [3.63, 3.8) is 0 Å². The van der Waals surface area contributed by atoms with Crippen molar-refractivity contribution in [2.75, 3.05) is 26.7 Å². The number of aryl methyl sites for hydroxylation is 1. The molecular formula is C21H32N2O5S. The molecule has 162 valence electrons. The van der Waals surface area contributed by atoms with Crippen LogP contribution in [-0.4, -0.2) is 62.3 Å². The van der Waals surface area contributed by atoms with Gasteiger partial charge in [-0.25, -0.2) is 8.42 Å². The van der Waals surface area contributed by atoms with E-state index in [2.05, 4.69) is 0 Å². The molecule has 1 aromatic rings. The van der Waals surface area contributed by atoms with Gasteiger partial charge >= 0.3 is 5.97 Å². The maximum Gasteiger partial charge on any atom is 0.310 e. The second-order valence-corrected chi connectivity index (χ2v) is 9.60. The number of rotatable bonds is 7. The topological polar surface area (TPSA) is 84.0 Å². The first kappa shape index (κ1) is 23.3. The molecule has 1 aliphatic heterocycles. The SMILES string of the molecule is CCN(CC(C)C(=O)OC)C(=O)c1cc(S(=O)(=O)N2CCCCC2C)ccc1C. The number of ether oxygens (including phenoxy) is 1. The Morgan fingerprint density at radius 2 is 2.00 bits per heavy atom. The van der Waals surface area contributed by atoms with Crippen molar-refractivity contribution in [2.45, 2.75) is 57.9 Å². The van der Waals surface area contributed by atoms with Gasteiger partial charge in [-0.3, -0.25) is 9.59 Å². The van der Waals surface area contributed by atoms with Crippen molar-refractivity contribution < 1.29 is 22.7 Å². The first-order valence-electron chi connectivity index (χ1n) is 10.1. The Kier molecular flexibility index (Phi) is 7.82. The molecule has 0 radical (unpaired) electrons. The molecule has 7 nitrogen and oxygen atoms in total. The molecule has 1 amide bonds. The molecule has 1 aliphatic rings. The van der Waals surface area contributed by atoms with Gasteiger partial charge in [0.25, 0.3) is 5.91 Å². The predicted molar refractivity (Wildman–Crippen MR) is 111 cm³/mol. The van der Waals surface area contributed by atoms with E-state index >= 15 is 0 Å². The lowest BCUT2D eigenvalue weighted by atomic mass is 10.1. The van der Waals surface area contributed by atoms with E-state index in [1.54, 1.807) is 30.9 Å². The van der Waals surface area contributed by atoms with Crippen LogP contribution in [0.25, 0.3) is 0 Å². The Morgan fingerprint density at radius 3 is 2.59 bits per heavy atom. The lowest BCUT2D eigenvalue weighted by Crippen LogP contribution is -2.42. The summed E-state index contributed by atoms with van der Waals surface area (Å²) in [5.74, 6) is -1.14. The summed E-state index contributed by atoms with van der Waals surface area (Å²) < 4.78 is 32.6. The van der Waals surface area contributed by atoms with Gasteiger partial charge in [0.1, 0.15) is 0 Å². The second kappa shape index (κ2) is 9.71. The van der Waals surface area contributed by atoms with E-state index in [9.17, 15) is 18.0 Å². The van der Waals surface area contributed by atoms with Gasteiger partial charge in [0.2, 0.25) is 10.0 Å². The molecule has 1 saturated heterocycles. The third kappa shape index (κ3) is 5.17. The highest BCUT2D eigenvalue weighted by molar-refractivity contribution is 7.89. The molecule has 2 unspecified atom stereocenters. The fraction of sp³-hybridized carbons (Fsp3) is 0.619. The summed E-state index contributed by atoms with van der Waals surface area (Å²) >= 11 is 0. The largest absolute Gasteiger partial charge is 0.469 e. The number of hydrogen-bond acceptors (Lipinski definition) is 5. The quantitative estimate of drug-likeness (QED) is 0.629. The van der Waals surface area contributed by atoms with Crippen molar-refractivity contribution >= 4 is 21.9 Å². The molecular weight excluding hydrogens is 392 g/mol. The number of carbonyl (C=O) groups excluding carboxylic acids is 2. The number of hydrogen-bond donors (Lipinski definition) is 0. The number of nitrogens with zero attached hydrogens (tertiary/aromatic N) is 2. The minimum Gasteiger partial charge on any atom is -0.469 e. The van der Waals surface area contributed by atoms with E-state index in [0.29, 0.717) is 24.2 Å². The highest BCUT2D eigenvalue weighted by Crippen LogP contribution is 2.27. The van der Waals surface area contributed by atoms with Crippen LogP contribution in [-0.2, 0) is 19.6 Å². The molecule has 2 rings (SSSR count). The molecule has 1 heterocycles. The first-order chi connectivity index (χ1) is 13.6. The Labute approximate surface area is 174 Å². The van der Waals surface area contributed by atoms with Gasteiger partial charge in [0.05, 0.1) is 17.9 Å². The molecule has 8 heteroatoms. The van der Waals surface area contributed by atoms with Crippen molar-refractivity contribution in [1.82, 2.24) is 9.21 Å². The molecule has 0 N–H and O–H groups in total. The Hall–Kier alpha value is -1.93. The normalized spacial score (nSPS) is 18.9. The second-order valence-electron chi connectivity index (χ2n) is 7.71. The number of esters is 1. The number of carbonyl (C=O) groups is 2. The van der Waals surface area contributed by atoms with Crippen LogP contribution in [0.15, 0.2) is 23.1 Å². The summed E-state index contributed by atoms with van der Waals surface area (Å²) in [5.41, 5.74) is 1.04. The van der Waals surface area contributed by atoms with Crippen molar-refractivity contribution in [3.8, 4) is 0 Å². The van der Waals surface area contributed by atoms with E-state index < -0.39 is 15.9 Å². The number of amides is 1. The number of sulfonamides is 1. The minimum atomic E-state index is -3.67. The molecule has 0 bridgehead atoms. The molecule has 0 spiro atoms. The van der Waals surface area contributed by atoms with Crippen LogP contribution < -0.4 is 0 Å². The molecule has 0 aliphatic carbocycles. The smallest absolute Gasteiger partial charge is 0.310 e. The van der Waals surface area contributed by atoms with Crippen LogP contribution >= 0.6 is 0 Å². The highest BCUT2D eigenvalue weighted by atomic mass is 32.2. The average Bonchev–Trinajstić information content (AvgIpc) is 2.71. The van der Waals surface area contributed by atoms with E-state index in [1.807, 2.05) is 13.8 Å². The molecule has 0 aromatic heterocycles. The van der Waals surface area contributed by atoms with Gasteiger partial charge in [0, 0.05) is 31.2 Å². The summed E-state index contributed by atoms with van der Waals surface area (Å²) in [5, 5.41) is 0. The summed E-state index contributed by atoms with van der Waals surface area (Å²) in [6, 6.07) is 4.66. The van der Waals surface area contributed by atoms with Crippen LogP contribution in [0.5, 0.6) is 0 Å². The zero-order chi connectivity index (χ0) is 21.8. The van der Waals surface area contributed by atoms with Gasteiger partial charge in [0.15, 0.2) is 0 Å². The Bertz CT molecular complexity index is 853. The number of methoxy groups -OCH3 is 1. The Morgan fingerprint density at radius 1 is 1.31 bits per heavy atom. The minimum absolute atomic E-state index is 0.0535. The zero-order valence-corrected chi connectivity index (χ0v) is 18.8. The molecule has 2 atom stereocenters. The van der Waals surface area contributed by atoms with Crippen molar-refractivity contribution in [1.29, 1.82) is 0 Å². The maximum absolute atomic E-state index is 13.2. The van der Waals surface area contributed by atoms with E-state index in [0.717, 1.165) is 19.3 Å². The fourth-order valence-corrected chi connectivity index (χ4v) is 5.41. The van der Waals surface area contributed by atoms with Crippen LogP contribution in [0.3, 0.4) is 0 Å². The van der Waals surface area contributed by atoms with Crippen molar-refractivity contribution in [2.24, 2.45) is 5.92 Å². The number of benzene rings is 1. The van der Waals surface area contributed by atoms with E-state index in [4.69, 9.17) is 4.74 Å². The predicted octanol–water partition coefficient (Wildman–Crippen LogP) is 2.83. The molecule has 29 heavy (non-hydrogen) atoms. The standard InChI is InChI=1S/C21H32N2O5S/c1-6-22(14-16(3)21(25)28-5)20(24)19-13-18(11-10-15(19)2)29(26,27)23-12-8-7-9-17(23)4/h10-11,13,16-17H,6-9,12,14H2,1-5H3. The summed E-state index contributed by atoms with van der Waals surface area (Å²) in [6.07, 6.45) is 2.71. The molecule has 0 saturated carbocycles. The van der Waals surface area contributed by atoms with Crippen LogP contribution in [0.4, 0.5) is 0 Å². The summed E-state index contributed by atoms with van der Waals surface area (Å²) in [7, 11) is -2.35. The van der Waals surface area contributed by atoms with Crippen LogP contribution in [0.1, 0.15) is 56.0 Å². The average molecular weight is 425 g/mol. The summed E-state index contributed by atoms with van der Waals surface area (Å²) in [4.78, 5) is 26.5. The van der Waals surface area contributed by atoms with Gasteiger partial charge < -0.3 is 9.64 Å². The lowest BCUT2D eigenvalue weighted by molar-refractivity contribution is -0.145. The first-order valence-corrected chi connectivity index (χ1v) is 11.6.